The highest BCUT2D eigenvalue weighted by atomic mass is 19.4. The number of carbonyl (C=O) groups is 1. The van der Waals surface area contributed by atoms with Crippen LogP contribution in [0.25, 0.3) is 0 Å². The molecule has 24 heavy (non-hydrogen) atoms. The molecular formula is C15H16F3N3O3. The molecule has 3 rings (SSSR count). The van der Waals surface area contributed by atoms with Gasteiger partial charge in [-0.15, -0.1) is 0 Å². The molecule has 0 spiro atoms. The van der Waals surface area contributed by atoms with E-state index in [-0.39, 0.29) is 24.1 Å². The SMILES string of the molecule is O=C(c1ccoc1)N1CCC(c2nc(CCC(F)(F)F)no2)CC1. The number of furan rings is 1. The molecule has 130 valence electrons. The third-order valence-electron chi connectivity index (χ3n) is 4.02. The highest BCUT2D eigenvalue weighted by Crippen LogP contribution is 2.28. The number of rotatable bonds is 4. The van der Waals surface area contributed by atoms with Crippen molar-refractivity contribution >= 4 is 5.91 Å². The minimum Gasteiger partial charge on any atom is -0.472 e. The monoisotopic (exact) mass is 343 g/mol. The lowest BCUT2D eigenvalue weighted by Crippen LogP contribution is -2.37. The van der Waals surface area contributed by atoms with Crippen molar-refractivity contribution in [2.45, 2.75) is 37.8 Å². The zero-order chi connectivity index (χ0) is 17.2. The van der Waals surface area contributed by atoms with Gasteiger partial charge in [-0.3, -0.25) is 4.79 Å². The largest absolute Gasteiger partial charge is 0.472 e. The fraction of sp³-hybridized carbons (Fsp3) is 0.533. The molecule has 0 saturated carbocycles. The Kier molecular flexibility index (Phi) is 4.59. The average Bonchev–Trinajstić information content (AvgIpc) is 3.23. The van der Waals surface area contributed by atoms with E-state index in [0.717, 1.165) is 0 Å². The van der Waals surface area contributed by atoms with Gasteiger partial charge in [-0.1, -0.05) is 5.16 Å². The number of amides is 1. The van der Waals surface area contributed by atoms with Crippen LogP contribution in [0.2, 0.25) is 0 Å². The van der Waals surface area contributed by atoms with Gasteiger partial charge in [0.2, 0.25) is 5.89 Å². The van der Waals surface area contributed by atoms with Crippen molar-refractivity contribution in [3.05, 3.63) is 35.9 Å². The summed E-state index contributed by atoms with van der Waals surface area (Å²) < 4.78 is 46.6. The van der Waals surface area contributed by atoms with Crippen LogP contribution in [-0.2, 0) is 6.42 Å². The van der Waals surface area contributed by atoms with E-state index in [4.69, 9.17) is 8.94 Å². The molecule has 2 aromatic rings. The smallest absolute Gasteiger partial charge is 0.389 e. The number of nitrogens with zero attached hydrogens (tertiary/aromatic N) is 3. The summed E-state index contributed by atoms with van der Waals surface area (Å²) in [6, 6.07) is 1.61. The fourth-order valence-corrected chi connectivity index (χ4v) is 2.69. The van der Waals surface area contributed by atoms with E-state index in [1.54, 1.807) is 11.0 Å². The van der Waals surface area contributed by atoms with Crippen LogP contribution in [0.4, 0.5) is 13.2 Å². The molecule has 2 aromatic heterocycles. The van der Waals surface area contributed by atoms with Gasteiger partial charge in [0.15, 0.2) is 5.82 Å². The van der Waals surface area contributed by atoms with Crippen LogP contribution < -0.4 is 0 Å². The highest BCUT2D eigenvalue weighted by Gasteiger charge is 2.30. The quantitative estimate of drug-likeness (QED) is 0.852. The number of halogens is 3. The molecule has 1 aliphatic rings. The Morgan fingerprint density at radius 3 is 2.71 bits per heavy atom. The second-order valence-electron chi connectivity index (χ2n) is 5.74. The van der Waals surface area contributed by atoms with Gasteiger partial charge in [0.1, 0.15) is 6.26 Å². The third-order valence-corrected chi connectivity index (χ3v) is 4.02. The van der Waals surface area contributed by atoms with E-state index < -0.39 is 12.6 Å². The van der Waals surface area contributed by atoms with Crippen molar-refractivity contribution < 1.29 is 26.9 Å². The first kappa shape index (κ1) is 16.5. The lowest BCUT2D eigenvalue weighted by Gasteiger charge is -2.30. The van der Waals surface area contributed by atoms with E-state index in [1.165, 1.54) is 12.5 Å². The van der Waals surface area contributed by atoms with Gasteiger partial charge in [-0.05, 0) is 18.9 Å². The number of hydrogen-bond donors (Lipinski definition) is 0. The fourth-order valence-electron chi connectivity index (χ4n) is 2.69. The minimum absolute atomic E-state index is 0.0365. The van der Waals surface area contributed by atoms with E-state index >= 15 is 0 Å². The predicted molar refractivity (Wildman–Crippen MR) is 75.3 cm³/mol. The summed E-state index contributed by atoms with van der Waals surface area (Å²) in [4.78, 5) is 18.0. The molecule has 0 bridgehead atoms. The van der Waals surface area contributed by atoms with E-state index in [2.05, 4.69) is 10.1 Å². The zero-order valence-corrected chi connectivity index (χ0v) is 12.8. The highest BCUT2D eigenvalue weighted by molar-refractivity contribution is 5.93. The maximum Gasteiger partial charge on any atom is 0.389 e. The molecule has 0 atom stereocenters. The summed E-state index contributed by atoms with van der Waals surface area (Å²) in [7, 11) is 0. The van der Waals surface area contributed by atoms with Crippen molar-refractivity contribution in [1.82, 2.24) is 15.0 Å². The van der Waals surface area contributed by atoms with Crippen LogP contribution in [0.5, 0.6) is 0 Å². The van der Waals surface area contributed by atoms with Gasteiger partial charge >= 0.3 is 6.18 Å². The number of piperidine rings is 1. The van der Waals surface area contributed by atoms with Crippen LogP contribution in [0.3, 0.4) is 0 Å². The van der Waals surface area contributed by atoms with Crippen LogP contribution >= 0.6 is 0 Å². The molecular weight excluding hydrogens is 327 g/mol. The number of aryl methyl sites for hydroxylation is 1. The van der Waals surface area contributed by atoms with Gasteiger partial charge in [0.25, 0.3) is 5.91 Å². The Balaban J connectivity index is 1.53. The van der Waals surface area contributed by atoms with Crippen molar-refractivity contribution in [2.24, 2.45) is 0 Å². The van der Waals surface area contributed by atoms with E-state index in [1.807, 2.05) is 0 Å². The Labute approximate surface area is 135 Å². The van der Waals surface area contributed by atoms with Gasteiger partial charge < -0.3 is 13.8 Å². The first-order valence-corrected chi connectivity index (χ1v) is 7.63. The Morgan fingerprint density at radius 1 is 1.33 bits per heavy atom. The lowest BCUT2D eigenvalue weighted by molar-refractivity contribution is -0.134. The third kappa shape index (κ3) is 3.95. The Hall–Kier alpha value is -2.32. The summed E-state index contributed by atoms with van der Waals surface area (Å²) in [6.07, 6.45) is -1.39. The molecule has 9 heteroatoms. The van der Waals surface area contributed by atoms with Gasteiger partial charge in [0, 0.05) is 25.4 Å². The average molecular weight is 343 g/mol. The summed E-state index contributed by atoms with van der Waals surface area (Å²) in [6.45, 7) is 1.05. The Bertz CT molecular complexity index is 674. The van der Waals surface area contributed by atoms with Crippen molar-refractivity contribution in [2.75, 3.05) is 13.1 Å². The maximum absolute atomic E-state index is 12.2. The normalized spacial score (nSPS) is 16.5. The number of likely N-dealkylation sites (tertiary alicyclic amines) is 1. The lowest BCUT2D eigenvalue weighted by atomic mass is 9.96. The van der Waals surface area contributed by atoms with Crippen LogP contribution in [0.1, 0.15) is 47.3 Å². The molecule has 1 saturated heterocycles. The van der Waals surface area contributed by atoms with Crippen molar-refractivity contribution in [3.63, 3.8) is 0 Å². The molecule has 6 nitrogen and oxygen atoms in total. The molecule has 0 unspecified atom stereocenters. The predicted octanol–water partition coefficient (Wildman–Crippen LogP) is 3.18. The summed E-state index contributed by atoms with van der Waals surface area (Å²) in [5, 5.41) is 3.61. The second-order valence-corrected chi connectivity index (χ2v) is 5.74. The standard InChI is InChI=1S/C15H16F3N3O3/c16-15(17,18)5-1-12-19-13(24-20-12)10-2-6-21(7-3-10)14(22)11-4-8-23-9-11/h4,8-10H,1-3,5-7H2. The molecule has 1 aliphatic heterocycles. The number of hydrogen-bond acceptors (Lipinski definition) is 5. The summed E-state index contributed by atoms with van der Waals surface area (Å²) in [5.41, 5.74) is 0.501. The maximum atomic E-state index is 12.2. The molecule has 1 amide bonds. The Morgan fingerprint density at radius 2 is 2.08 bits per heavy atom. The molecule has 1 fully saturated rings. The molecule has 0 radical (unpaired) electrons. The first-order valence-electron chi connectivity index (χ1n) is 7.63. The molecule has 0 aliphatic carbocycles. The molecule has 0 aromatic carbocycles. The summed E-state index contributed by atoms with van der Waals surface area (Å²) >= 11 is 0. The van der Waals surface area contributed by atoms with E-state index in [9.17, 15) is 18.0 Å². The van der Waals surface area contributed by atoms with Crippen LogP contribution in [0, 0.1) is 0 Å². The van der Waals surface area contributed by atoms with Crippen LogP contribution in [-0.4, -0.2) is 40.2 Å². The second kappa shape index (κ2) is 6.66. The number of alkyl halides is 3. The van der Waals surface area contributed by atoms with Crippen molar-refractivity contribution in [3.8, 4) is 0 Å². The number of aromatic nitrogens is 2. The topological polar surface area (TPSA) is 72.4 Å². The first-order chi connectivity index (χ1) is 11.4. The van der Waals surface area contributed by atoms with Gasteiger partial charge in [-0.2, -0.15) is 18.2 Å². The van der Waals surface area contributed by atoms with Gasteiger partial charge in [0.05, 0.1) is 18.2 Å². The van der Waals surface area contributed by atoms with Gasteiger partial charge in [-0.25, -0.2) is 0 Å². The van der Waals surface area contributed by atoms with Crippen molar-refractivity contribution in [1.29, 1.82) is 0 Å². The van der Waals surface area contributed by atoms with Crippen LogP contribution in [0.15, 0.2) is 27.5 Å². The summed E-state index contributed by atoms with van der Waals surface area (Å²) in [5.74, 6) is 0.283. The molecule has 3 heterocycles. The minimum atomic E-state index is -4.24. The molecule has 0 N–H and O–H groups in total. The zero-order valence-electron chi connectivity index (χ0n) is 12.8. The number of carbonyl (C=O) groups excluding carboxylic acids is 1. The van der Waals surface area contributed by atoms with E-state index in [0.29, 0.717) is 37.4 Å².